The molecule has 2 aromatic rings. The molecular weight excluding hydrogens is 320 g/mol. The molecule has 0 radical (unpaired) electrons. The summed E-state index contributed by atoms with van der Waals surface area (Å²) in [7, 11) is 1.59. The minimum absolute atomic E-state index is 0.362. The maximum atomic E-state index is 9.68. The van der Waals surface area contributed by atoms with Crippen molar-refractivity contribution in [2.75, 3.05) is 19.0 Å². The van der Waals surface area contributed by atoms with Gasteiger partial charge in [0.1, 0.15) is 10.4 Å². The Balaban J connectivity index is 1.84. The van der Waals surface area contributed by atoms with Crippen LogP contribution in [0.5, 0.6) is 11.6 Å². The number of para-hydroxylation sites is 1. The number of methoxy groups -OCH3 is 1. The average Bonchev–Trinajstić information content (AvgIpc) is 2.44. The predicted octanol–water partition coefficient (Wildman–Crippen LogP) is 3.60. The zero-order valence-electron chi connectivity index (χ0n) is 11.3. The van der Waals surface area contributed by atoms with Crippen LogP contribution in [0, 0.1) is 0 Å². The molecule has 0 unspecified atom stereocenters. The number of hydrogen-bond acceptors (Lipinski definition) is 4. The molecule has 0 spiro atoms. The summed E-state index contributed by atoms with van der Waals surface area (Å²) in [5, 5.41) is 13.0. The van der Waals surface area contributed by atoms with Crippen LogP contribution in [0.1, 0.15) is 12.0 Å². The summed E-state index contributed by atoms with van der Waals surface area (Å²) < 4.78 is 5.85. The number of benzene rings is 1. The van der Waals surface area contributed by atoms with Gasteiger partial charge in [0.15, 0.2) is 0 Å². The fraction of sp³-hybridized carbons (Fsp3) is 0.267. The van der Waals surface area contributed by atoms with Crippen LogP contribution in [-0.2, 0) is 6.42 Å². The van der Waals surface area contributed by atoms with Gasteiger partial charge < -0.3 is 15.2 Å². The van der Waals surface area contributed by atoms with E-state index in [4.69, 9.17) is 4.74 Å². The first-order valence-corrected chi connectivity index (χ1v) is 7.20. The smallest absolute Gasteiger partial charge is 0.216 e. The van der Waals surface area contributed by atoms with E-state index in [2.05, 4.69) is 26.2 Å². The molecule has 0 amide bonds. The first kappa shape index (κ1) is 14.7. The van der Waals surface area contributed by atoms with Crippen molar-refractivity contribution in [1.82, 2.24) is 4.98 Å². The quantitative estimate of drug-likeness (QED) is 0.625. The average molecular weight is 337 g/mol. The van der Waals surface area contributed by atoms with Gasteiger partial charge in [0, 0.05) is 18.3 Å². The molecule has 0 fully saturated rings. The standard InChI is InChI=1S/C15H17BrN2O2/c1-20-15-10-12(9-14(16)18-15)17-8-4-6-11-5-2-3-7-13(11)19/h2-3,5,7,9-10,19H,4,6,8H2,1H3,(H,17,18). The number of halogens is 1. The summed E-state index contributed by atoms with van der Waals surface area (Å²) in [6, 6.07) is 11.2. The molecule has 0 aliphatic heterocycles. The topological polar surface area (TPSA) is 54.4 Å². The SMILES string of the molecule is COc1cc(NCCCc2ccccc2O)cc(Br)n1. The minimum atomic E-state index is 0.362. The Morgan fingerprint density at radius 2 is 2.10 bits per heavy atom. The maximum Gasteiger partial charge on any atom is 0.216 e. The van der Waals surface area contributed by atoms with Gasteiger partial charge in [-0.25, -0.2) is 4.98 Å². The molecule has 20 heavy (non-hydrogen) atoms. The largest absolute Gasteiger partial charge is 0.508 e. The number of aryl methyl sites for hydroxylation is 1. The van der Waals surface area contributed by atoms with E-state index in [1.165, 1.54) is 0 Å². The fourth-order valence-electron chi connectivity index (χ4n) is 1.91. The van der Waals surface area contributed by atoms with E-state index < -0.39 is 0 Å². The van der Waals surface area contributed by atoms with Crippen molar-refractivity contribution in [3.05, 3.63) is 46.6 Å². The first-order chi connectivity index (χ1) is 9.69. The van der Waals surface area contributed by atoms with Crippen LogP contribution in [-0.4, -0.2) is 23.7 Å². The molecule has 1 aromatic carbocycles. The Morgan fingerprint density at radius 3 is 2.85 bits per heavy atom. The van der Waals surface area contributed by atoms with Gasteiger partial charge in [-0.2, -0.15) is 0 Å². The Bertz CT molecular complexity index is 576. The molecule has 2 N–H and O–H groups in total. The summed E-state index contributed by atoms with van der Waals surface area (Å²) in [5.74, 6) is 0.934. The van der Waals surface area contributed by atoms with Crippen LogP contribution in [0.15, 0.2) is 41.0 Å². The van der Waals surface area contributed by atoms with Gasteiger partial charge in [0.2, 0.25) is 5.88 Å². The van der Waals surface area contributed by atoms with Crippen LogP contribution in [0.25, 0.3) is 0 Å². The van der Waals surface area contributed by atoms with E-state index in [0.29, 0.717) is 11.6 Å². The summed E-state index contributed by atoms with van der Waals surface area (Å²) in [6.45, 7) is 0.813. The molecule has 0 aliphatic carbocycles. The van der Waals surface area contributed by atoms with E-state index in [1.54, 1.807) is 13.2 Å². The van der Waals surface area contributed by atoms with Gasteiger partial charge in [-0.3, -0.25) is 0 Å². The number of aromatic nitrogens is 1. The van der Waals surface area contributed by atoms with Gasteiger partial charge >= 0.3 is 0 Å². The number of anilines is 1. The normalized spacial score (nSPS) is 10.3. The second kappa shape index (κ2) is 7.14. The summed E-state index contributed by atoms with van der Waals surface area (Å²) in [4.78, 5) is 4.16. The van der Waals surface area contributed by atoms with E-state index in [1.807, 2.05) is 30.3 Å². The Morgan fingerprint density at radius 1 is 1.30 bits per heavy atom. The molecule has 1 aromatic heterocycles. The van der Waals surface area contributed by atoms with E-state index in [0.717, 1.165) is 35.2 Å². The predicted molar refractivity (Wildman–Crippen MR) is 83.4 cm³/mol. The third-order valence-electron chi connectivity index (χ3n) is 2.92. The van der Waals surface area contributed by atoms with Gasteiger partial charge in [0.05, 0.1) is 7.11 Å². The summed E-state index contributed by atoms with van der Waals surface area (Å²) in [6.07, 6.45) is 1.77. The van der Waals surface area contributed by atoms with Crippen molar-refractivity contribution >= 4 is 21.6 Å². The fourth-order valence-corrected chi connectivity index (χ4v) is 2.33. The van der Waals surface area contributed by atoms with Crippen LogP contribution in [0.2, 0.25) is 0 Å². The first-order valence-electron chi connectivity index (χ1n) is 6.41. The summed E-state index contributed by atoms with van der Waals surface area (Å²) >= 11 is 3.34. The van der Waals surface area contributed by atoms with Gasteiger partial charge in [-0.05, 0) is 46.5 Å². The van der Waals surface area contributed by atoms with Crippen LogP contribution in [0.3, 0.4) is 0 Å². The number of rotatable bonds is 6. The monoisotopic (exact) mass is 336 g/mol. The molecule has 0 saturated carbocycles. The number of phenols is 1. The van der Waals surface area contributed by atoms with Crippen LogP contribution >= 0.6 is 15.9 Å². The number of ether oxygens (including phenoxy) is 1. The lowest BCUT2D eigenvalue weighted by atomic mass is 10.1. The Kier molecular flexibility index (Phi) is 5.24. The lowest BCUT2D eigenvalue weighted by molar-refractivity contribution is 0.397. The molecular formula is C15H17BrN2O2. The van der Waals surface area contributed by atoms with Crippen molar-refractivity contribution in [1.29, 1.82) is 0 Å². The van der Waals surface area contributed by atoms with E-state index in [9.17, 15) is 5.11 Å². The molecule has 5 heteroatoms. The highest BCUT2D eigenvalue weighted by atomic mass is 79.9. The van der Waals surface area contributed by atoms with Crippen LogP contribution < -0.4 is 10.1 Å². The van der Waals surface area contributed by atoms with Gasteiger partial charge in [-0.1, -0.05) is 18.2 Å². The second-order valence-corrected chi connectivity index (χ2v) is 5.19. The number of nitrogens with one attached hydrogen (secondary N) is 1. The lowest BCUT2D eigenvalue weighted by Crippen LogP contribution is -2.04. The third-order valence-corrected chi connectivity index (χ3v) is 3.33. The van der Waals surface area contributed by atoms with Crippen LogP contribution in [0.4, 0.5) is 5.69 Å². The third kappa shape index (κ3) is 4.13. The number of pyridine rings is 1. The molecule has 1 heterocycles. The highest BCUT2D eigenvalue weighted by Gasteiger charge is 2.02. The maximum absolute atomic E-state index is 9.68. The van der Waals surface area contributed by atoms with Crippen molar-refractivity contribution in [3.8, 4) is 11.6 Å². The Labute approximate surface area is 126 Å². The summed E-state index contributed by atoms with van der Waals surface area (Å²) in [5.41, 5.74) is 1.93. The lowest BCUT2D eigenvalue weighted by Gasteiger charge is -2.09. The number of nitrogens with zero attached hydrogens (tertiary/aromatic N) is 1. The van der Waals surface area contributed by atoms with E-state index in [-0.39, 0.29) is 0 Å². The van der Waals surface area contributed by atoms with Crippen molar-refractivity contribution < 1.29 is 9.84 Å². The molecule has 106 valence electrons. The second-order valence-electron chi connectivity index (χ2n) is 4.38. The molecule has 2 rings (SSSR count). The number of phenolic OH excluding ortho intramolecular Hbond substituents is 1. The molecule has 0 saturated heterocycles. The molecule has 4 nitrogen and oxygen atoms in total. The molecule has 0 aliphatic rings. The number of hydrogen-bond donors (Lipinski definition) is 2. The number of aromatic hydroxyl groups is 1. The highest BCUT2D eigenvalue weighted by Crippen LogP contribution is 2.21. The Hall–Kier alpha value is -1.75. The minimum Gasteiger partial charge on any atom is -0.508 e. The zero-order chi connectivity index (χ0) is 14.4. The van der Waals surface area contributed by atoms with Crippen molar-refractivity contribution in [2.24, 2.45) is 0 Å². The van der Waals surface area contributed by atoms with Crippen molar-refractivity contribution in [3.63, 3.8) is 0 Å². The van der Waals surface area contributed by atoms with Gasteiger partial charge in [0.25, 0.3) is 0 Å². The van der Waals surface area contributed by atoms with Gasteiger partial charge in [-0.15, -0.1) is 0 Å². The van der Waals surface area contributed by atoms with E-state index >= 15 is 0 Å². The van der Waals surface area contributed by atoms with Crippen molar-refractivity contribution in [2.45, 2.75) is 12.8 Å². The zero-order valence-corrected chi connectivity index (χ0v) is 12.9. The molecule has 0 atom stereocenters. The highest BCUT2D eigenvalue weighted by molar-refractivity contribution is 9.10. The molecule has 0 bridgehead atoms.